The largest absolute Gasteiger partial charge is 0.310 e. The Kier molecular flexibility index (Phi) is 2.64. The molecular weight excluding hydrogens is 146 g/mol. The standard InChI is InChI=1S/C11H15N/c1-8-4-5-11(7-10(3)12)9(2)6-8/h4-6,12H,7H2,1-3H3. The van der Waals surface area contributed by atoms with Crippen molar-refractivity contribution in [2.75, 3.05) is 0 Å². The average Bonchev–Trinajstić information content (AvgIpc) is 1.94. The van der Waals surface area contributed by atoms with Gasteiger partial charge in [0.25, 0.3) is 0 Å². The molecule has 1 N–H and O–H groups in total. The predicted molar refractivity (Wildman–Crippen MR) is 53.0 cm³/mol. The van der Waals surface area contributed by atoms with Crippen molar-refractivity contribution in [3.8, 4) is 0 Å². The second-order valence-corrected chi connectivity index (χ2v) is 3.39. The Labute approximate surface area is 73.9 Å². The Bertz CT molecular complexity index is 300. The molecule has 0 bridgehead atoms. The fraction of sp³-hybridized carbons (Fsp3) is 0.364. The summed E-state index contributed by atoms with van der Waals surface area (Å²) in [5.41, 5.74) is 4.58. The molecule has 1 heteroatoms. The smallest absolute Gasteiger partial charge is 0.0102 e. The molecular formula is C11H15N. The molecule has 0 spiro atoms. The minimum Gasteiger partial charge on any atom is -0.310 e. The molecule has 0 heterocycles. The van der Waals surface area contributed by atoms with Crippen molar-refractivity contribution in [2.24, 2.45) is 0 Å². The predicted octanol–water partition coefficient (Wildman–Crippen LogP) is 2.89. The molecule has 1 aromatic rings. The van der Waals surface area contributed by atoms with Gasteiger partial charge in [-0.15, -0.1) is 0 Å². The third kappa shape index (κ3) is 2.19. The third-order valence-corrected chi connectivity index (χ3v) is 1.95. The van der Waals surface area contributed by atoms with Crippen molar-refractivity contribution < 1.29 is 0 Å². The third-order valence-electron chi connectivity index (χ3n) is 1.95. The Hall–Kier alpha value is -1.11. The molecule has 1 rings (SSSR count). The summed E-state index contributed by atoms with van der Waals surface area (Å²) in [6, 6.07) is 6.38. The van der Waals surface area contributed by atoms with Gasteiger partial charge in [0.1, 0.15) is 0 Å². The van der Waals surface area contributed by atoms with Crippen LogP contribution in [0.25, 0.3) is 0 Å². The maximum Gasteiger partial charge on any atom is 0.0102 e. The summed E-state index contributed by atoms with van der Waals surface area (Å²) in [6.45, 7) is 6.04. The van der Waals surface area contributed by atoms with E-state index in [-0.39, 0.29) is 0 Å². The van der Waals surface area contributed by atoms with E-state index < -0.39 is 0 Å². The van der Waals surface area contributed by atoms with Crippen molar-refractivity contribution >= 4 is 5.71 Å². The van der Waals surface area contributed by atoms with Crippen LogP contribution >= 0.6 is 0 Å². The highest BCUT2D eigenvalue weighted by Gasteiger charge is 1.98. The van der Waals surface area contributed by atoms with Crippen molar-refractivity contribution in [3.05, 3.63) is 34.9 Å². The number of hydrogen-bond acceptors (Lipinski definition) is 1. The van der Waals surface area contributed by atoms with Crippen molar-refractivity contribution in [1.82, 2.24) is 0 Å². The molecule has 0 atom stereocenters. The topological polar surface area (TPSA) is 23.9 Å². The fourth-order valence-electron chi connectivity index (χ4n) is 1.33. The summed E-state index contributed by atoms with van der Waals surface area (Å²) in [5.74, 6) is 0. The number of hydrogen-bond donors (Lipinski definition) is 1. The van der Waals surface area contributed by atoms with E-state index in [9.17, 15) is 0 Å². The molecule has 0 saturated carbocycles. The van der Waals surface area contributed by atoms with Crippen LogP contribution in [0.4, 0.5) is 0 Å². The van der Waals surface area contributed by atoms with Gasteiger partial charge in [-0.3, -0.25) is 0 Å². The minimum absolute atomic E-state index is 0.724. The van der Waals surface area contributed by atoms with Gasteiger partial charge in [0, 0.05) is 12.1 Å². The zero-order valence-electron chi connectivity index (χ0n) is 7.94. The van der Waals surface area contributed by atoms with Crippen LogP contribution in [0, 0.1) is 19.3 Å². The van der Waals surface area contributed by atoms with E-state index in [4.69, 9.17) is 5.41 Å². The van der Waals surface area contributed by atoms with Crippen LogP contribution in [0.5, 0.6) is 0 Å². The van der Waals surface area contributed by atoms with Crippen molar-refractivity contribution in [3.63, 3.8) is 0 Å². The van der Waals surface area contributed by atoms with Gasteiger partial charge in [-0.1, -0.05) is 23.8 Å². The summed E-state index contributed by atoms with van der Waals surface area (Å²) in [4.78, 5) is 0. The van der Waals surface area contributed by atoms with Gasteiger partial charge in [-0.25, -0.2) is 0 Å². The summed E-state index contributed by atoms with van der Waals surface area (Å²) >= 11 is 0. The maximum absolute atomic E-state index is 7.38. The SMILES string of the molecule is CC(=N)Cc1ccc(C)cc1C. The molecule has 0 aliphatic heterocycles. The van der Waals surface area contributed by atoms with Gasteiger partial charge in [0.2, 0.25) is 0 Å². The van der Waals surface area contributed by atoms with Gasteiger partial charge in [0.05, 0.1) is 0 Å². The normalized spacial score (nSPS) is 9.92. The van der Waals surface area contributed by atoms with Gasteiger partial charge < -0.3 is 5.41 Å². The Morgan fingerprint density at radius 3 is 2.50 bits per heavy atom. The number of benzene rings is 1. The molecule has 64 valence electrons. The average molecular weight is 161 g/mol. The first kappa shape index (κ1) is 8.98. The molecule has 1 aromatic carbocycles. The van der Waals surface area contributed by atoms with Crippen molar-refractivity contribution in [2.45, 2.75) is 27.2 Å². The van der Waals surface area contributed by atoms with Gasteiger partial charge in [-0.05, 0) is 31.9 Å². The van der Waals surface area contributed by atoms with Gasteiger partial charge in [-0.2, -0.15) is 0 Å². The maximum atomic E-state index is 7.38. The Balaban J connectivity index is 2.93. The van der Waals surface area contributed by atoms with E-state index in [1.54, 1.807) is 0 Å². The van der Waals surface area contributed by atoms with E-state index in [0.29, 0.717) is 0 Å². The van der Waals surface area contributed by atoms with E-state index in [1.165, 1.54) is 16.7 Å². The van der Waals surface area contributed by atoms with Crippen molar-refractivity contribution in [1.29, 1.82) is 5.41 Å². The minimum atomic E-state index is 0.724. The Morgan fingerprint density at radius 1 is 1.33 bits per heavy atom. The van der Waals surface area contributed by atoms with Gasteiger partial charge >= 0.3 is 0 Å². The zero-order chi connectivity index (χ0) is 9.14. The zero-order valence-corrected chi connectivity index (χ0v) is 7.94. The lowest BCUT2D eigenvalue weighted by Crippen LogP contribution is -1.97. The lowest BCUT2D eigenvalue weighted by molar-refractivity contribution is 1.20. The Morgan fingerprint density at radius 2 is 2.00 bits per heavy atom. The number of nitrogens with one attached hydrogen (secondary N) is 1. The molecule has 0 saturated heterocycles. The number of aryl methyl sites for hydroxylation is 2. The first-order chi connectivity index (χ1) is 5.59. The van der Waals surface area contributed by atoms with Crippen LogP contribution in [0.3, 0.4) is 0 Å². The van der Waals surface area contributed by atoms with Crippen LogP contribution in [-0.2, 0) is 6.42 Å². The summed E-state index contributed by atoms with van der Waals surface area (Å²) < 4.78 is 0. The van der Waals surface area contributed by atoms with Crippen LogP contribution in [0.2, 0.25) is 0 Å². The molecule has 0 radical (unpaired) electrons. The molecule has 0 aliphatic rings. The van der Waals surface area contributed by atoms with Crippen LogP contribution in [-0.4, -0.2) is 5.71 Å². The number of rotatable bonds is 2. The van der Waals surface area contributed by atoms with E-state index in [1.807, 2.05) is 6.92 Å². The molecule has 12 heavy (non-hydrogen) atoms. The van der Waals surface area contributed by atoms with E-state index >= 15 is 0 Å². The van der Waals surface area contributed by atoms with E-state index in [2.05, 4.69) is 32.0 Å². The first-order valence-corrected chi connectivity index (χ1v) is 4.20. The summed E-state index contributed by atoms with van der Waals surface area (Å²) in [6.07, 6.45) is 0.784. The first-order valence-electron chi connectivity index (χ1n) is 4.20. The van der Waals surface area contributed by atoms with E-state index in [0.717, 1.165) is 12.1 Å². The van der Waals surface area contributed by atoms with Gasteiger partial charge in [0.15, 0.2) is 0 Å². The lowest BCUT2D eigenvalue weighted by Gasteiger charge is -2.04. The lowest BCUT2D eigenvalue weighted by atomic mass is 10.0. The highest BCUT2D eigenvalue weighted by molar-refractivity contribution is 5.81. The second kappa shape index (κ2) is 3.53. The molecule has 0 aromatic heterocycles. The molecule has 0 unspecified atom stereocenters. The molecule has 1 nitrogen and oxygen atoms in total. The monoisotopic (exact) mass is 161 g/mol. The highest BCUT2D eigenvalue weighted by Crippen LogP contribution is 2.11. The van der Waals surface area contributed by atoms with Crippen LogP contribution in [0.15, 0.2) is 18.2 Å². The second-order valence-electron chi connectivity index (χ2n) is 3.39. The van der Waals surface area contributed by atoms with Crippen LogP contribution in [0.1, 0.15) is 23.6 Å². The fourth-order valence-corrected chi connectivity index (χ4v) is 1.33. The quantitative estimate of drug-likeness (QED) is 0.645. The summed E-state index contributed by atoms with van der Waals surface area (Å²) in [5, 5.41) is 7.38. The summed E-state index contributed by atoms with van der Waals surface area (Å²) in [7, 11) is 0. The highest BCUT2D eigenvalue weighted by atomic mass is 14.4. The molecule has 0 fully saturated rings. The van der Waals surface area contributed by atoms with Crippen LogP contribution < -0.4 is 0 Å². The molecule has 0 aliphatic carbocycles. The molecule has 0 amide bonds.